The summed E-state index contributed by atoms with van der Waals surface area (Å²) in [4.78, 5) is 0. The van der Waals surface area contributed by atoms with Crippen molar-refractivity contribution in [3.8, 4) is 5.75 Å². The predicted octanol–water partition coefficient (Wildman–Crippen LogP) is 2.45. The molecule has 0 spiro atoms. The summed E-state index contributed by atoms with van der Waals surface area (Å²) in [5.74, 6) is 5.76. The summed E-state index contributed by atoms with van der Waals surface area (Å²) in [5, 5.41) is 0. The lowest BCUT2D eigenvalue weighted by molar-refractivity contribution is -0.274. The van der Waals surface area contributed by atoms with Crippen LogP contribution >= 0.6 is 11.8 Å². The van der Waals surface area contributed by atoms with Crippen molar-refractivity contribution in [1.29, 1.82) is 0 Å². The molecule has 1 aromatic carbocycles. The number of ether oxygens (including phenoxy) is 1. The van der Waals surface area contributed by atoms with E-state index >= 15 is 0 Å². The Morgan fingerprint density at radius 2 is 2.18 bits per heavy atom. The fourth-order valence-corrected chi connectivity index (χ4v) is 1.96. The van der Waals surface area contributed by atoms with E-state index in [2.05, 4.69) is 10.2 Å². The van der Waals surface area contributed by atoms with Crippen LogP contribution in [0.15, 0.2) is 24.3 Å². The van der Waals surface area contributed by atoms with Crippen molar-refractivity contribution in [2.24, 2.45) is 5.84 Å². The smallest absolute Gasteiger partial charge is 0.406 e. The van der Waals surface area contributed by atoms with E-state index in [1.54, 1.807) is 17.8 Å². The number of rotatable bonds is 5. The van der Waals surface area contributed by atoms with Crippen LogP contribution in [-0.2, 0) is 0 Å². The van der Waals surface area contributed by atoms with Gasteiger partial charge >= 0.3 is 6.36 Å². The van der Waals surface area contributed by atoms with Gasteiger partial charge in [-0.3, -0.25) is 11.3 Å². The second-order valence-electron chi connectivity index (χ2n) is 3.29. The highest BCUT2D eigenvalue weighted by Gasteiger charge is 2.31. The fourth-order valence-electron chi connectivity index (χ4n) is 1.34. The summed E-state index contributed by atoms with van der Waals surface area (Å²) < 4.78 is 40.0. The Hall–Kier alpha value is -0.920. The van der Waals surface area contributed by atoms with Gasteiger partial charge in [0.15, 0.2) is 0 Å². The molecule has 1 atom stereocenters. The Labute approximate surface area is 101 Å². The van der Waals surface area contributed by atoms with Gasteiger partial charge < -0.3 is 4.74 Å². The van der Waals surface area contributed by atoms with E-state index in [0.29, 0.717) is 11.3 Å². The van der Waals surface area contributed by atoms with Crippen LogP contribution in [0.4, 0.5) is 13.2 Å². The van der Waals surface area contributed by atoms with Gasteiger partial charge in [-0.25, -0.2) is 0 Å². The maximum Gasteiger partial charge on any atom is 0.573 e. The van der Waals surface area contributed by atoms with Gasteiger partial charge in [-0.15, -0.1) is 13.2 Å². The monoisotopic (exact) mass is 266 g/mol. The molecule has 0 bridgehead atoms. The van der Waals surface area contributed by atoms with Crippen molar-refractivity contribution in [2.45, 2.75) is 12.4 Å². The van der Waals surface area contributed by atoms with Gasteiger partial charge in [-0.1, -0.05) is 12.1 Å². The van der Waals surface area contributed by atoms with Crippen LogP contribution in [0.5, 0.6) is 5.75 Å². The van der Waals surface area contributed by atoms with Crippen LogP contribution in [0, 0.1) is 0 Å². The van der Waals surface area contributed by atoms with Crippen molar-refractivity contribution < 1.29 is 17.9 Å². The first-order chi connectivity index (χ1) is 7.96. The zero-order valence-corrected chi connectivity index (χ0v) is 9.94. The first kappa shape index (κ1) is 14.1. The van der Waals surface area contributed by atoms with Gasteiger partial charge in [-0.05, 0) is 24.0 Å². The van der Waals surface area contributed by atoms with Gasteiger partial charge in [0.05, 0.1) is 6.04 Å². The van der Waals surface area contributed by atoms with Crippen molar-refractivity contribution in [1.82, 2.24) is 5.43 Å². The maximum atomic E-state index is 12.0. The van der Waals surface area contributed by atoms with Crippen molar-refractivity contribution in [2.75, 3.05) is 12.0 Å². The third-order valence-corrected chi connectivity index (χ3v) is 2.70. The van der Waals surface area contributed by atoms with Gasteiger partial charge in [0, 0.05) is 5.75 Å². The number of benzene rings is 1. The average Bonchev–Trinajstić information content (AvgIpc) is 2.24. The number of thioether (sulfide) groups is 1. The summed E-state index contributed by atoms with van der Waals surface area (Å²) in [5.41, 5.74) is 3.21. The molecule has 0 aromatic heterocycles. The van der Waals surface area contributed by atoms with Gasteiger partial charge in [0.25, 0.3) is 0 Å². The highest BCUT2D eigenvalue weighted by atomic mass is 32.2. The largest absolute Gasteiger partial charge is 0.573 e. The van der Waals surface area contributed by atoms with Gasteiger partial charge in [-0.2, -0.15) is 11.8 Å². The normalized spacial score (nSPS) is 13.5. The lowest BCUT2D eigenvalue weighted by Gasteiger charge is -2.16. The Morgan fingerprint density at radius 3 is 2.71 bits per heavy atom. The molecule has 3 N–H and O–H groups in total. The maximum absolute atomic E-state index is 12.0. The van der Waals surface area contributed by atoms with Crippen molar-refractivity contribution in [3.63, 3.8) is 0 Å². The molecule has 0 saturated heterocycles. The summed E-state index contributed by atoms with van der Waals surface area (Å²) in [6.07, 6.45) is -2.79. The molecule has 1 aromatic rings. The lowest BCUT2D eigenvalue weighted by Crippen LogP contribution is -2.29. The van der Waals surface area contributed by atoms with E-state index in [4.69, 9.17) is 5.84 Å². The predicted molar refractivity (Wildman–Crippen MR) is 61.6 cm³/mol. The zero-order valence-electron chi connectivity index (χ0n) is 9.12. The van der Waals surface area contributed by atoms with E-state index < -0.39 is 6.36 Å². The van der Waals surface area contributed by atoms with E-state index in [-0.39, 0.29) is 11.8 Å². The number of hydrazine groups is 1. The molecule has 0 radical (unpaired) electrons. The molecule has 17 heavy (non-hydrogen) atoms. The third kappa shape index (κ3) is 4.84. The molecule has 3 nitrogen and oxygen atoms in total. The molecule has 0 saturated carbocycles. The fraction of sp³-hybridized carbons (Fsp3) is 0.400. The standard InChI is InChI=1S/C10H13F3N2OS/c1-17-6-9(15-14)7-3-2-4-8(5-7)16-10(11,12)13/h2-5,9,15H,6,14H2,1H3. The first-order valence-electron chi connectivity index (χ1n) is 4.77. The summed E-state index contributed by atoms with van der Waals surface area (Å²) in [6.45, 7) is 0. The van der Waals surface area contributed by atoms with Crippen LogP contribution < -0.4 is 16.0 Å². The molecule has 0 heterocycles. The van der Waals surface area contributed by atoms with Gasteiger partial charge in [0.2, 0.25) is 0 Å². The number of alkyl halides is 3. The Kier molecular flexibility index (Phi) is 5.10. The van der Waals surface area contributed by atoms with Crippen LogP contribution in [0.3, 0.4) is 0 Å². The molecular formula is C10H13F3N2OS. The number of hydrogen-bond donors (Lipinski definition) is 2. The van der Waals surface area contributed by atoms with Crippen LogP contribution in [0.2, 0.25) is 0 Å². The topological polar surface area (TPSA) is 47.3 Å². The molecule has 0 fully saturated rings. The molecule has 0 aliphatic rings. The summed E-state index contributed by atoms with van der Waals surface area (Å²) in [6, 6.07) is 5.57. The van der Waals surface area contributed by atoms with E-state index in [1.807, 2.05) is 6.26 Å². The van der Waals surface area contributed by atoms with Crippen LogP contribution in [0.25, 0.3) is 0 Å². The quantitative estimate of drug-likeness (QED) is 0.635. The van der Waals surface area contributed by atoms with Crippen molar-refractivity contribution in [3.05, 3.63) is 29.8 Å². The zero-order chi connectivity index (χ0) is 12.9. The highest BCUT2D eigenvalue weighted by Crippen LogP contribution is 2.26. The van der Waals surface area contributed by atoms with Crippen LogP contribution in [0.1, 0.15) is 11.6 Å². The van der Waals surface area contributed by atoms with E-state index in [9.17, 15) is 13.2 Å². The number of nitrogens with one attached hydrogen (secondary N) is 1. The second kappa shape index (κ2) is 6.13. The number of hydrogen-bond acceptors (Lipinski definition) is 4. The minimum Gasteiger partial charge on any atom is -0.406 e. The molecule has 0 aliphatic heterocycles. The molecule has 0 amide bonds. The SMILES string of the molecule is CSCC(NN)c1cccc(OC(F)(F)F)c1. The minimum atomic E-state index is -4.68. The Bertz CT molecular complexity index is 360. The number of halogens is 3. The third-order valence-electron chi connectivity index (χ3n) is 2.03. The average molecular weight is 266 g/mol. The van der Waals surface area contributed by atoms with Crippen LogP contribution in [-0.4, -0.2) is 18.4 Å². The van der Waals surface area contributed by atoms with Gasteiger partial charge in [0.1, 0.15) is 5.75 Å². The Morgan fingerprint density at radius 1 is 1.47 bits per heavy atom. The highest BCUT2D eigenvalue weighted by molar-refractivity contribution is 7.98. The second-order valence-corrected chi connectivity index (χ2v) is 4.21. The van der Waals surface area contributed by atoms with Crippen molar-refractivity contribution >= 4 is 11.8 Å². The summed E-state index contributed by atoms with van der Waals surface area (Å²) >= 11 is 1.54. The molecular weight excluding hydrogens is 253 g/mol. The van der Waals surface area contributed by atoms with E-state index in [0.717, 1.165) is 0 Å². The number of nitrogens with two attached hydrogens (primary N) is 1. The Balaban J connectivity index is 2.84. The first-order valence-corrected chi connectivity index (χ1v) is 6.16. The molecule has 1 rings (SSSR count). The molecule has 96 valence electrons. The lowest BCUT2D eigenvalue weighted by atomic mass is 10.1. The molecule has 1 unspecified atom stereocenters. The summed E-state index contributed by atoms with van der Waals surface area (Å²) in [7, 11) is 0. The minimum absolute atomic E-state index is 0.207. The molecule has 0 aliphatic carbocycles. The van der Waals surface area contributed by atoms with E-state index in [1.165, 1.54) is 18.2 Å². The molecule has 7 heteroatoms.